The number of Topliss-reactive ketones (excluding diaryl/α,β-unsaturated/α-hetero) is 1. The summed E-state index contributed by atoms with van der Waals surface area (Å²) in [4.78, 5) is 65.9. The van der Waals surface area contributed by atoms with Gasteiger partial charge < -0.3 is 50.4 Å². The number of ketones is 1. The van der Waals surface area contributed by atoms with E-state index in [9.17, 15) is 43.3 Å². The highest BCUT2D eigenvalue weighted by atomic mass is 31.2. The number of unbranched alkanes of at least 4 members (excludes halogenated alkanes) is 40. The number of quaternary nitrogens is 2. The maximum Gasteiger partial charge on any atom is 0.520 e. The molecule has 0 aliphatic rings. The van der Waals surface area contributed by atoms with Crippen LogP contribution in [0.5, 0.6) is 0 Å². The van der Waals surface area contributed by atoms with Gasteiger partial charge in [0, 0.05) is 39.0 Å². The van der Waals surface area contributed by atoms with Crippen molar-refractivity contribution in [2.24, 2.45) is 0 Å². The SMILES string of the molecule is CCCCCCCCCCCC(=O)CC(=O)NC(COCCC(CCCCCCC)OC(O)CCCCCCCCCCC)COP(=O)(O[NH3+])OCCNC(=O)NCCOP(=O)(O[NH3+])OCC(COCCC(CCCCCCC)OC(=O)CCCCCCCCCCC)NC(=O)CC(O)CCCCCCCCCCC. The standard InChI is InChI=1S/C83H166N6O19P2/c1-7-13-19-25-29-33-37-43-47-53-75(90)67-79(92)88-73(69-99-63-59-77(55-49-41-23-17-11-5)105-81(94)57-51-45-39-35-31-27-21-15-9-3)71-103-109(97,107-84)101-65-61-86-83(96)87-62-66-102-110(98,108-85)104-72-74(89-80(93)68-76(91)54-48-44-38-34-30-26-20-14-8-2)70-100-64-60-78(56-50-42-24-18-12-6)106-82(95)58-52-46-40-36-32-28-22-16-10-4/h73-75,77-78,82,90,95H,7-72H2,1-6,84-85H3,(H2-2,86,87,88,89,92,93,96)/p+2. The zero-order valence-corrected chi connectivity index (χ0v) is 72.6. The average molecular weight is 1620 g/mol. The zero-order valence-electron chi connectivity index (χ0n) is 70.8. The van der Waals surface area contributed by atoms with Crippen molar-refractivity contribution in [3.05, 3.63) is 0 Å². The van der Waals surface area contributed by atoms with E-state index in [2.05, 4.69) is 74.6 Å². The normalized spacial score (nSPS) is 14.5. The fraction of sp³-hybridized carbons (Fsp3) is 0.940. The fourth-order valence-electron chi connectivity index (χ4n) is 13.1. The summed E-state index contributed by atoms with van der Waals surface area (Å²) in [6.07, 6.45) is 52.9. The van der Waals surface area contributed by atoms with E-state index in [-0.39, 0.29) is 96.0 Å². The number of rotatable bonds is 87. The molecule has 0 rings (SSSR count). The van der Waals surface area contributed by atoms with Crippen LogP contribution in [0.25, 0.3) is 0 Å². The van der Waals surface area contributed by atoms with Crippen LogP contribution in [0, 0.1) is 0 Å². The van der Waals surface area contributed by atoms with Gasteiger partial charge >= 0.3 is 27.6 Å². The maximum atomic E-state index is 13.8. The topological polar surface area (TPSA) is 356 Å². The van der Waals surface area contributed by atoms with Gasteiger partial charge in [-0.05, 0) is 57.8 Å². The van der Waals surface area contributed by atoms with Gasteiger partial charge in [0.15, 0.2) is 6.29 Å². The fourth-order valence-corrected chi connectivity index (χ4v) is 14.9. The van der Waals surface area contributed by atoms with Crippen LogP contribution >= 0.6 is 15.6 Å². The van der Waals surface area contributed by atoms with Gasteiger partial charge in [0.2, 0.25) is 11.8 Å². The van der Waals surface area contributed by atoms with E-state index in [0.717, 1.165) is 154 Å². The largest absolute Gasteiger partial charge is 0.520 e. The Balaban J connectivity index is 5.83. The van der Waals surface area contributed by atoms with Crippen molar-refractivity contribution in [3.63, 3.8) is 0 Å². The Labute approximate surface area is 668 Å². The van der Waals surface area contributed by atoms with Crippen LogP contribution < -0.4 is 33.1 Å². The second-order valence-corrected chi connectivity index (χ2v) is 33.9. The number of nitrogens with one attached hydrogen (secondary N) is 4. The number of carbonyl (C=O) groups excluding carboxylic acids is 5. The summed E-state index contributed by atoms with van der Waals surface area (Å²) in [6, 6.07) is -2.48. The summed E-state index contributed by atoms with van der Waals surface area (Å²) in [5, 5.41) is 32.6. The molecule has 0 fully saturated rings. The summed E-state index contributed by atoms with van der Waals surface area (Å²) in [5.41, 5.74) is 0. The third-order valence-corrected chi connectivity index (χ3v) is 22.5. The highest BCUT2D eigenvalue weighted by molar-refractivity contribution is 7.48. The molecule has 25 nitrogen and oxygen atoms in total. The molecule has 8 unspecified atom stereocenters. The van der Waals surface area contributed by atoms with Gasteiger partial charge in [-0.1, -0.05) is 320 Å². The molecule has 0 aliphatic carbocycles. The van der Waals surface area contributed by atoms with Gasteiger partial charge in [0.05, 0.1) is 83.4 Å². The highest BCUT2D eigenvalue weighted by Crippen LogP contribution is 2.47. The van der Waals surface area contributed by atoms with Crippen molar-refractivity contribution in [2.75, 3.05) is 65.9 Å². The number of aliphatic hydroxyl groups excluding tert-OH is 2. The molecule has 8 atom stereocenters. The summed E-state index contributed by atoms with van der Waals surface area (Å²) in [5.74, 6) is 5.21. The van der Waals surface area contributed by atoms with E-state index in [1.807, 2.05) is 0 Å². The van der Waals surface area contributed by atoms with Crippen molar-refractivity contribution in [1.82, 2.24) is 21.3 Å². The van der Waals surface area contributed by atoms with Crippen LogP contribution in [0.2, 0.25) is 0 Å². The second kappa shape index (κ2) is 78.8. The molecular weight excluding hydrogens is 1450 g/mol. The number of phosphoric acid groups is 2. The maximum absolute atomic E-state index is 13.8. The lowest BCUT2D eigenvalue weighted by atomic mass is 10.0. The molecule has 0 aromatic rings. The molecule has 0 heterocycles. The lowest BCUT2D eigenvalue weighted by Crippen LogP contribution is -2.48. The van der Waals surface area contributed by atoms with E-state index < -0.39 is 71.2 Å². The van der Waals surface area contributed by atoms with Gasteiger partial charge in [0.1, 0.15) is 11.9 Å². The molecule has 0 radical (unpaired) electrons. The molecule has 4 amide bonds. The first-order valence-electron chi connectivity index (χ1n) is 44.6. The Morgan fingerprint density at radius 2 is 0.700 bits per heavy atom. The minimum absolute atomic E-state index is 0.0827. The van der Waals surface area contributed by atoms with Gasteiger partial charge in [-0.25, -0.2) is 25.7 Å². The average Bonchev–Trinajstić information content (AvgIpc) is 0.897. The first-order valence-corrected chi connectivity index (χ1v) is 47.5. The van der Waals surface area contributed by atoms with Crippen molar-refractivity contribution in [2.45, 2.75) is 438 Å². The number of aliphatic hydroxyl groups is 2. The third kappa shape index (κ3) is 70.7. The number of esters is 1. The van der Waals surface area contributed by atoms with Crippen LogP contribution in [0.15, 0.2) is 0 Å². The third-order valence-electron chi connectivity index (χ3n) is 19.9. The highest BCUT2D eigenvalue weighted by Gasteiger charge is 2.33. The molecule has 27 heteroatoms. The molecule has 0 saturated heterocycles. The molecule has 0 aromatic heterocycles. The Hall–Kier alpha value is -2.71. The number of carbonyl (C=O) groups is 5. The Morgan fingerprint density at radius 3 is 1.10 bits per heavy atom. The van der Waals surface area contributed by atoms with Gasteiger partial charge in [-0.15, -0.1) is 0 Å². The van der Waals surface area contributed by atoms with Crippen molar-refractivity contribution in [3.8, 4) is 0 Å². The molecule has 0 aliphatic heterocycles. The van der Waals surface area contributed by atoms with Gasteiger partial charge in [-0.2, -0.15) is 0 Å². The van der Waals surface area contributed by atoms with Crippen LogP contribution in [-0.4, -0.2) is 142 Å². The zero-order chi connectivity index (χ0) is 80.9. The molecule has 110 heavy (non-hydrogen) atoms. The lowest BCUT2D eigenvalue weighted by molar-refractivity contribution is -0.643. The van der Waals surface area contributed by atoms with Crippen LogP contribution in [0.4, 0.5) is 4.79 Å². The predicted octanol–water partition coefficient (Wildman–Crippen LogP) is 18.4. The first kappa shape index (κ1) is 107. The van der Waals surface area contributed by atoms with Crippen molar-refractivity contribution < 1.29 is 101 Å². The summed E-state index contributed by atoms with van der Waals surface area (Å²) in [7, 11) is -8.79. The smallest absolute Gasteiger partial charge is 0.462 e. The molecule has 652 valence electrons. The summed E-state index contributed by atoms with van der Waals surface area (Å²) < 4.78 is 84.2. The second-order valence-electron chi connectivity index (χ2n) is 30.5. The number of amides is 4. The van der Waals surface area contributed by atoms with E-state index in [1.54, 1.807) is 0 Å². The molecule has 12 N–H and O–H groups in total. The molecular formula is C83H168N6O19P2+2. The Kier molecular flexibility index (Phi) is 76.9. The molecule has 0 saturated carbocycles. The number of phosphoric ester groups is 2. The number of ether oxygens (including phenoxy) is 4. The van der Waals surface area contributed by atoms with Gasteiger partial charge in [0.25, 0.3) is 0 Å². The molecule has 0 aromatic carbocycles. The quantitative estimate of drug-likeness (QED) is 0.00700. The first-order chi connectivity index (χ1) is 53.4. The Morgan fingerprint density at radius 1 is 0.364 bits per heavy atom. The molecule has 0 spiro atoms. The summed E-state index contributed by atoms with van der Waals surface area (Å²) in [6.45, 7) is 11.5. The number of hydrogen-bond donors (Lipinski definition) is 8. The van der Waals surface area contributed by atoms with E-state index in [4.69, 9.17) is 46.3 Å². The predicted molar refractivity (Wildman–Crippen MR) is 438 cm³/mol. The monoisotopic (exact) mass is 1620 g/mol. The van der Waals surface area contributed by atoms with E-state index >= 15 is 0 Å². The van der Waals surface area contributed by atoms with Crippen molar-refractivity contribution >= 4 is 45.2 Å². The lowest BCUT2D eigenvalue weighted by Gasteiger charge is -2.23. The van der Waals surface area contributed by atoms with E-state index in [0.29, 0.717) is 44.9 Å². The Bertz CT molecular complexity index is 2220. The molecule has 0 bridgehead atoms. The van der Waals surface area contributed by atoms with Crippen molar-refractivity contribution in [1.29, 1.82) is 0 Å². The minimum atomic E-state index is -4.40. The van der Waals surface area contributed by atoms with E-state index in [1.165, 1.54) is 141 Å². The minimum Gasteiger partial charge on any atom is -0.462 e. The van der Waals surface area contributed by atoms with Crippen LogP contribution in [0.1, 0.15) is 401 Å². The van der Waals surface area contributed by atoms with Gasteiger partial charge in [-0.3, -0.25) is 37.3 Å². The van der Waals surface area contributed by atoms with Crippen LogP contribution in [-0.2, 0) is 74.6 Å². The summed E-state index contributed by atoms with van der Waals surface area (Å²) >= 11 is 0. The number of hydrogen-bond acceptors (Lipinski definition) is 19. The number of urea groups is 1. The van der Waals surface area contributed by atoms with Crippen LogP contribution in [0.3, 0.4) is 0 Å².